The molecular formula is C20H26F2N4O3. The monoisotopic (exact) mass is 408 g/mol. The third-order valence-electron chi connectivity index (χ3n) is 3.81. The van der Waals surface area contributed by atoms with E-state index in [1.165, 1.54) is 0 Å². The molecule has 158 valence electrons. The topological polar surface area (TPSA) is 77.0 Å². The van der Waals surface area contributed by atoms with Gasteiger partial charge in [-0.15, -0.1) is 0 Å². The third-order valence-corrected chi connectivity index (χ3v) is 3.81. The molecule has 7 nitrogen and oxygen atoms in total. The van der Waals surface area contributed by atoms with Crippen LogP contribution in [0.4, 0.5) is 8.78 Å². The fourth-order valence-corrected chi connectivity index (χ4v) is 2.60. The van der Waals surface area contributed by atoms with E-state index in [1.54, 1.807) is 38.4 Å². The number of nitrogens with one attached hydrogen (secondary N) is 2. The average Bonchev–Trinajstić information content (AvgIpc) is 2.71. The highest BCUT2D eigenvalue weighted by Gasteiger charge is 2.16. The molecule has 0 aliphatic heterocycles. The van der Waals surface area contributed by atoms with Crippen molar-refractivity contribution < 1.29 is 23.0 Å². The zero-order valence-electron chi connectivity index (χ0n) is 16.7. The van der Waals surface area contributed by atoms with Gasteiger partial charge in [0.05, 0.1) is 13.2 Å². The number of halogens is 2. The Balaban J connectivity index is 2.05. The smallest absolute Gasteiger partial charge is 0.387 e. The first kappa shape index (κ1) is 22.2. The SMILES string of the molecule is CCOc1cccc(CNC(=NC)NCc2cccnc2OCC)c1OC(F)F. The largest absolute Gasteiger partial charge is 0.490 e. The molecule has 0 fully saturated rings. The lowest BCUT2D eigenvalue weighted by Gasteiger charge is -2.17. The standard InChI is InChI=1S/C20H26F2N4O3/c1-4-27-16-10-6-8-14(17(16)29-19(21)22)12-25-20(23-3)26-13-15-9-7-11-24-18(15)28-5-2/h6-11,19H,4-5,12-13H2,1-3H3,(H2,23,25,26). The van der Waals surface area contributed by atoms with Crippen LogP contribution in [0.5, 0.6) is 17.4 Å². The van der Waals surface area contributed by atoms with Crippen molar-refractivity contribution >= 4 is 5.96 Å². The zero-order chi connectivity index (χ0) is 21.1. The van der Waals surface area contributed by atoms with Gasteiger partial charge in [-0.1, -0.05) is 18.2 Å². The second-order valence-electron chi connectivity index (χ2n) is 5.74. The van der Waals surface area contributed by atoms with Crippen LogP contribution < -0.4 is 24.8 Å². The van der Waals surface area contributed by atoms with Crippen molar-refractivity contribution in [3.8, 4) is 17.4 Å². The van der Waals surface area contributed by atoms with Gasteiger partial charge < -0.3 is 24.8 Å². The Morgan fingerprint density at radius 1 is 1.03 bits per heavy atom. The first-order valence-corrected chi connectivity index (χ1v) is 9.29. The summed E-state index contributed by atoms with van der Waals surface area (Å²) in [6.45, 7) is 2.22. The number of nitrogens with zero attached hydrogens (tertiary/aromatic N) is 2. The summed E-state index contributed by atoms with van der Waals surface area (Å²) in [5.41, 5.74) is 1.40. The van der Waals surface area contributed by atoms with Crippen LogP contribution in [0.1, 0.15) is 25.0 Å². The fourth-order valence-electron chi connectivity index (χ4n) is 2.60. The lowest BCUT2D eigenvalue weighted by Crippen LogP contribution is -2.36. The molecular weight excluding hydrogens is 382 g/mol. The molecule has 2 rings (SSSR count). The van der Waals surface area contributed by atoms with Crippen LogP contribution in [-0.2, 0) is 13.1 Å². The number of guanidine groups is 1. The highest BCUT2D eigenvalue weighted by atomic mass is 19.3. The van der Waals surface area contributed by atoms with Gasteiger partial charge in [0.25, 0.3) is 0 Å². The molecule has 2 aromatic rings. The van der Waals surface area contributed by atoms with Crippen molar-refractivity contribution in [1.82, 2.24) is 15.6 Å². The van der Waals surface area contributed by atoms with Crippen LogP contribution in [0.15, 0.2) is 41.5 Å². The Bertz CT molecular complexity index is 803. The van der Waals surface area contributed by atoms with Crippen LogP contribution in [0, 0.1) is 0 Å². The van der Waals surface area contributed by atoms with Gasteiger partial charge in [0.15, 0.2) is 17.5 Å². The Kier molecular flexibility index (Phi) is 8.94. The van der Waals surface area contributed by atoms with Crippen molar-refractivity contribution in [1.29, 1.82) is 0 Å². The summed E-state index contributed by atoms with van der Waals surface area (Å²) >= 11 is 0. The molecule has 0 aliphatic rings. The molecule has 0 aliphatic carbocycles. The quantitative estimate of drug-likeness (QED) is 0.464. The maximum absolute atomic E-state index is 12.8. The normalized spacial score (nSPS) is 11.3. The number of alkyl halides is 2. The lowest BCUT2D eigenvalue weighted by atomic mass is 10.2. The van der Waals surface area contributed by atoms with Gasteiger partial charge in [-0.05, 0) is 26.0 Å². The minimum absolute atomic E-state index is 0.0122. The van der Waals surface area contributed by atoms with Crippen molar-refractivity contribution in [3.63, 3.8) is 0 Å². The number of rotatable bonds is 10. The Morgan fingerprint density at radius 3 is 2.38 bits per heavy atom. The van der Waals surface area contributed by atoms with Gasteiger partial charge in [-0.25, -0.2) is 4.98 Å². The number of aliphatic imine (C=N–C) groups is 1. The van der Waals surface area contributed by atoms with Gasteiger partial charge >= 0.3 is 6.61 Å². The summed E-state index contributed by atoms with van der Waals surface area (Å²) in [5.74, 6) is 1.32. The van der Waals surface area contributed by atoms with Crippen molar-refractivity contribution in [2.24, 2.45) is 4.99 Å². The molecule has 9 heteroatoms. The number of hydrogen-bond acceptors (Lipinski definition) is 5. The summed E-state index contributed by atoms with van der Waals surface area (Å²) in [6.07, 6.45) is 1.66. The molecule has 1 aromatic carbocycles. The zero-order valence-corrected chi connectivity index (χ0v) is 16.7. The Hall–Kier alpha value is -3.10. The molecule has 1 aromatic heterocycles. The molecule has 2 N–H and O–H groups in total. The molecule has 0 saturated heterocycles. The van der Waals surface area contributed by atoms with E-state index in [0.717, 1.165) is 5.56 Å². The van der Waals surface area contributed by atoms with Gasteiger partial charge in [0.1, 0.15) is 0 Å². The molecule has 29 heavy (non-hydrogen) atoms. The van der Waals surface area contributed by atoms with Gasteiger partial charge in [-0.2, -0.15) is 8.78 Å². The second kappa shape index (κ2) is 11.7. The predicted molar refractivity (Wildman–Crippen MR) is 107 cm³/mol. The first-order valence-electron chi connectivity index (χ1n) is 9.29. The summed E-state index contributed by atoms with van der Waals surface area (Å²) in [5, 5.41) is 6.24. The van der Waals surface area contributed by atoms with Gasteiger partial charge in [0.2, 0.25) is 5.88 Å². The molecule has 0 radical (unpaired) electrons. The average molecular weight is 408 g/mol. The minimum Gasteiger partial charge on any atom is -0.490 e. The molecule has 0 saturated carbocycles. The number of hydrogen-bond donors (Lipinski definition) is 2. The number of para-hydroxylation sites is 1. The van der Waals surface area contributed by atoms with Crippen molar-refractivity contribution in [2.75, 3.05) is 20.3 Å². The summed E-state index contributed by atoms with van der Waals surface area (Å²) in [6, 6.07) is 8.73. The Labute approximate surface area is 169 Å². The van der Waals surface area contributed by atoms with Crippen LogP contribution in [0.3, 0.4) is 0 Å². The van der Waals surface area contributed by atoms with E-state index in [2.05, 4.69) is 25.3 Å². The maximum Gasteiger partial charge on any atom is 0.387 e. The van der Waals surface area contributed by atoms with Crippen LogP contribution in [0.25, 0.3) is 0 Å². The highest BCUT2D eigenvalue weighted by molar-refractivity contribution is 5.79. The lowest BCUT2D eigenvalue weighted by molar-refractivity contribution is -0.0520. The van der Waals surface area contributed by atoms with E-state index < -0.39 is 6.61 Å². The number of pyridine rings is 1. The van der Waals surface area contributed by atoms with E-state index >= 15 is 0 Å². The fraction of sp³-hybridized carbons (Fsp3) is 0.400. The predicted octanol–water partition coefficient (Wildman–Crippen LogP) is 3.35. The number of benzene rings is 1. The molecule has 0 atom stereocenters. The van der Waals surface area contributed by atoms with Gasteiger partial charge in [0, 0.05) is 37.5 Å². The number of ether oxygens (including phenoxy) is 3. The maximum atomic E-state index is 12.8. The third kappa shape index (κ3) is 6.78. The number of aromatic nitrogens is 1. The highest BCUT2D eigenvalue weighted by Crippen LogP contribution is 2.32. The van der Waals surface area contributed by atoms with Crippen LogP contribution >= 0.6 is 0 Å². The molecule has 0 unspecified atom stereocenters. The van der Waals surface area contributed by atoms with Crippen molar-refractivity contribution in [3.05, 3.63) is 47.7 Å². The summed E-state index contributed by atoms with van der Waals surface area (Å²) < 4.78 is 41.3. The van der Waals surface area contributed by atoms with E-state index in [4.69, 9.17) is 9.47 Å². The van der Waals surface area contributed by atoms with Crippen LogP contribution in [0.2, 0.25) is 0 Å². The molecule has 0 bridgehead atoms. The van der Waals surface area contributed by atoms with E-state index in [0.29, 0.717) is 37.2 Å². The van der Waals surface area contributed by atoms with Gasteiger partial charge in [-0.3, -0.25) is 4.99 Å². The molecule has 0 spiro atoms. The Morgan fingerprint density at radius 2 is 1.72 bits per heavy atom. The van der Waals surface area contributed by atoms with Crippen LogP contribution in [-0.4, -0.2) is 37.8 Å². The molecule has 1 heterocycles. The summed E-state index contributed by atoms with van der Waals surface area (Å²) in [7, 11) is 1.62. The molecule has 0 amide bonds. The first-order chi connectivity index (χ1) is 14.1. The summed E-state index contributed by atoms with van der Waals surface area (Å²) in [4.78, 5) is 8.36. The second-order valence-corrected chi connectivity index (χ2v) is 5.74. The van der Waals surface area contributed by atoms with E-state index in [-0.39, 0.29) is 18.0 Å². The van der Waals surface area contributed by atoms with E-state index in [1.807, 2.05) is 19.1 Å². The minimum atomic E-state index is -2.95. The van der Waals surface area contributed by atoms with Crippen molar-refractivity contribution in [2.45, 2.75) is 33.5 Å². The van der Waals surface area contributed by atoms with E-state index in [9.17, 15) is 8.78 Å².